The number of methoxy groups -OCH3 is 3. The molecule has 1 heterocycles. The Morgan fingerprint density at radius 1 is 1.00 bits per heavy atom. The van der Waals surface area contributed by atoms with Gasteiger partial charge in [0.25, 0.3) is 5.91 Å². The van der Waals surface area contributed by atoms with Gasteiger partial charge in [0.1, 0.15) is 6.54 Å². The first kappa shape index (κ1) is 20.0. The van der Waals surface area contributed by atoms with Crippen molar-refractivity contribution in [2.45, 2.75) is 25.4 Å². The zero-order valence-electron chi connectivity index (χ0n) is 16.8. The molecule has 1 saturated heterocycles. The Kier molecular flexibility index (Phi) is 6.76. The maximum absolute atomic E-state index is 12.8. The smallest absolute Gasteiger partial charge is 0.251 e. The second-order valence-electron chi connectivity index (χ2n) is 7.07. The molecule has 3 rings (SSSR count). The third kappa shape index (κ3) is 4.75. The van der Waals surface area contributed by atoms with Crippen LogP contribution >= 0.6 is 0 Å². The molecule has 6 nitrogen and oxygen atoms in total. The first-order chi connectivity index (χ1) is 13.6. The van der Waals surface area contributed by atoms with E-state index in [0.29, 0.717) is 22.8 Å². The largest absolute Gasteiger partial charge is 0.493 e. The predicted molar refractivity (Wildman–Crippen MR) is 107 cm³/mol. The van der Waals surface area contributed by atoms with E-state index in [-0.39, 0.29) is 11.9 Å². The van der Waals surface area contributed by atoms with Crippen molar-refractivity contribution in [1.29, 1.82) is 0 Å². The van der Waals surface area contributed by atoms with E-state index < -0.39 is 0 Å². The normalized spacial score (nSPS) is 19.0. The SMILES string of the molecule is COc1cc(C(=O)NC2CC[NH+](Cc3ccccc3)CC2)cc(OC)c1OC. The number of rotatable bonds is 7. The fraction of sp³-hybridized carbons (Fsp3) is 0.409. The maximum Gasteiger partial charge on any atom is 0.251 e. The quantitative estimate of drug-likeness (QED) is 0.762. The molecule has 0 spiro atoms. The molecule has 0 aliphatic carbocycles. The molecule has 6 heteroatoms. The lowest BCUT2D eigenvalue weighted by Crippen LogP contribution is -3.12. The van der Waals surface area contributed by atoms with E-state index in [4.69, 9.17) is 14.2 Å². The molecule has 0 saturated carbocycles. The van der Waals surface area contributed by atoms with Gasteiger partial charge in [0, 0.05) is 30.0 Å². The summed E-state index contributed by atoms with van der Waals surface area (Å²) in [7, 11) is 4.64. The first-order valence-electron chi connectivity index (χ1n) is 9.63. The van der Waals surface area contributed by atoms with E-state index in [1.54, 1.807) is 38.4 Å². The average molecular weight is 385 g/mol. The van der Waals surface area contributed by atoms with Gasteiger partial charge < -0.3 is 24.4 Å². The summed E-state index contributed by atoms with van der Waals surface area (Å²) in [5.41, 5.74) is 1.87. The molecule has 0 unspecified atom stereocenters. The lowest BCUT2D eigenvalue weighted by molar-refractivity contribution is -0.918. The summed E-state index contributed by atoms with van der Waals surface area (Å²) < 4.78 is 16.0. The average Bonchev–Trinajstić information content (AvgIpc) is 2.74. The van der Waals surface area contributed by atoms with Gasteiger partial charge in [-0.2, -0.15) is 0 Å². The highest BCUT2D eigenvalue weighted by molar-refractivity contribution is 5.95. The second-order valence-corrected chi connectivity index (χ2v) is 7.07. The fourth-order valence-electron chi connectivity index (χ4n) is 3.71. The standard InChI is InChI=1S/C22H28N2O4/c1-26-19-13-17(14-20(27-2)21(19)28-3)22(25)23-18-9-11-24(12-10-18)15-16-7-5-4-6-8-16/h4-8,13-14,18H,9-12,15H2,1-3H3,(H,23,25)/p+1. The highest BCUT2D eigenvalue weighted by atomic mass is 16.5. The monoisotopic (exact) mass is 385 g/mol. The number of ether oxygens (including phenoxy) is 3. The van der Waals surface area contributed by atoms with Gasteiger partial charge in [0.15, 0.2) is 11.5 Å². The van der Waals surface area contributed by atoms with Gasteiger partial charge in [-0.3, -0.25) is 4.79 Å². The Balaban J connectivity index is 1.58. The number of hydrogen-bond donors (Lipinski definition) is 2. The van der Waals surface area contributed by atoms with Crippen LogP contribution in [-0.4, -0.2) is 46.4 Å². The molecule has 1 fully saturated rings. The maximum atomic E-state index is 12.8. The third-order valence-electron chi connectivity index (χ3n) is 5.25. The van der Waals surface area contributed by atoms with Crippen LogP contribution in [0.5, 0.6) is 17.2 Å². The van der Waals surface area contributed by atoms with Crippen LogP contribution in [0, 0.1) is 0 Å². The number of benzene rings is 2. The van der Waals surface area contributed by atoms with Gasteiger partial charge in [0.05, 0.1) is 34.4 Å². The van der Waals surface area contributed by atoms with Crippen LogP contribution < -0.4 is 24.4 Å². The minimum absolute atomic E-state index is 0.115. The van der Waals surface area contributed by atoms with Crippen LogP contribution in [0.1, 0.15) is 28.8 Å². The van der Waals surface area contributed by atoms with E-state index in [2.05, 4.69) is 29.6 Å². The minimum atomic E-state index is -0.115. The summed E-state index contributed by atoms with van der Waals surface area (Å²) in [6.45, 7) is 3.14. The molecule has 0 atom stereocenters. The molecule has 0 aromatic heterocycles. The first-order valence-corrected chi connectivity index (χ1v) is 9.63. The van der Waals surface area contributed by atoms with E-state index in [0.717, 1.165) is 32.5 Å². The van der Waals surface area contributed by atoms with E-state index in [9.17, 15) is 4.79 Å². The Bertz CT molecular complexity index is 761. The molecule has 2 aromatic carbocycles. The molecular weight excluding hydrogens is 356 g/mol. The fourth-order valence-corrected chi connectivity index (χ4v) is 3.71. The van der Waals surface area contributed by atoms with E-state index in [1.807, 2.05) is 6.07 Å². The van der Waals surface area contributed by atoms with Gasteiger partial charge in [-0.15, -0.1) is 0 Å². The molecule has 1 aliphatic rings. The van der Waals surface area contributed by atoms with Gasteiger partial charge in [-0.1, -0.05) is 30.3 Å². The number of likely N-dealkylation sites (tertiary alicyclic amines) is 1. The number of carbonyl (C=O) groups excluding carboxylic acids is 1. The summed E-state index contributed by atoms with van der Waals surface area (Å²) >= 11 is 0. The van der Waals surface area contributed by atoms with Gasteiger partial charge in [-0.05, 0) is 12.1 Å². The van der Waals surface area contributed by atoms with E-state index in [1.165, 1.54) is 5.56 Å². The van der Waals surface area contributed by atoms with Crippen LogP contribution in [0.25, 0.3) is 0 Å². The zero-order valence-corrected chi connectivity index (χ0v) is 16.8. The molecule has 2 aromatic rings. The number of piperidine rings is 1. The van der Waals surface area contributed by atoms with Crippen LogP contribution in [0.2, 0.25) is 0 Å². The van der Waals surface area contributed by atoms with Crippen LogP contribution in [-0.2, 0) is 6.54 Å². The number of nitrogens with one attached hydrogen (secondary N) is 2. The van der Waals surface area contributed by atoms with Crippen molar-refractivity contribution in [2.24, 2.45) is 0 Å². The number of amides is 1. The highest BCUT2D eigenvalue weighted by Gasteiger charge is 2.25. The molecule has 0 radical (unpaired) electrons. The minimum Gasteiger partial charge on any atom is -0.493 e. The summed E-state index contributed by atoms with van der Waals surface area (Å²) in [5.74, 6) is 1.33. The van der Waals surface area contributed by atoms with Crippen LogP contribution in [0.4, 0.5) is 0 Å². The predicted octanol–water partition coefficient (Wildman–Crippen LogP) is 1.69. The summed E-state index contributed by atoms with van der Waals surface area (Å²) in [5, 5.41) is 3.16. The lowest BCUT2D eigenvalue weighted by Gasteiger charge is -2.30. The van der Waals surface area contributed by atoms with Gasteiger partial charge in [0.2, 0.25) is 5.75 Å². The van der Waals surface area contributed by atoms with Crippen LogP contribution in [0.15, 0.2) is 42.5 Å². The molecule has 1 amide bonds. The van der Waals surface area contributed by atoms with E-state index >= 15 is 0 Å². The Labute approximate surface area is 166 Å². The lowest BCUT2D eigenvalue weighted by atomic mass is 10.0. The van der Waals surface area contributed by atoms with Crippen molar-refractivity contribution in [2.75, 3.05) is 34.4 Å². The molecule has 150 valence electrons. The Morgan fingerprint density at radius 3 is 2.14 bits per heavy atom. The van der Waals surface area contributed by atoms with Crippen LogP contribution in [0.3, 0.4) is 0 Å². The highest BCUT2D eigenvalue weighted by Crippen LogP contribution is 2.38. The van der Waals surface area contributed by atoms with Crippen molar-refractivity contribution in [1.82, 2.24) is 5.32 Å². The second kappa shape index (κ2) is 9.46. The Hall–Kier alpha value is -2.73. The summed E-state index contributed by atoms with van der Waals surface area (Å²) in [6, 6.07) is 14.1. The van der Waals surface area contributed by atoms with Crippen molar-refractivity contribution in [3.63, 3.8) is 0 Å². The number of hydrogen-bond acceptors (Lipinski definition) is 4. The Morgan fingerprint density at radius 2 is 1.61 bits per heavy atom. The van der Waals surface area contributed by atoms with Crippen molar-refractivity contribution in [3.8, 4) is 17.2 Å². The van der Waals surface area contributed by atoms with Crippen molar-refractivity contribution in [3.05, 3.63) is 53.6 Å². The number of quaternary nitrogens is 1. The summed E-state index contributed by atoms with van der Waals surface area (Å²) in [6.07, 6.45) is 1.94. The molecule has 2 N–H and O–H groups in total. The van der Waals surface area contributed by atoms with Crippen molar-refractivity contribution >= 4 is 5.91 Å². The molecule has 28 heavy (non-hydrogen) atoms. The molecule has 1 aliphatic heterocycles. The van der Waals surface area contributed by atoms with Crippen molar-refractivity contribution < 1.29 is 23.9 Å². The summed E-state index contributed by atoms with van der Waals surface area (Å²) in [4.78, 5) is 14.3. The van der Waals surface area contributed by atoms with Gasteiger partial charge in [-0.25, -0.2) is 0 Å². The topological polar surface area (TPSA) is 61.2 Å². The van der Waals surface area contributed by atoms with Gasteiger partial charge >= 0.3 is 0 Å². The zero-order chi connectivity index (χ0) is 19.9. The number of carbonyl (C=O) groups is 1. The molecule has 0 bridgehead atoms. The third-order valence-corrected chi connectivity index (χ3v) is 5.25. The molecular formula is C22H29N2O4+.